The molecule has 0 radical (unpaired) electrons. The van der Waals surface area contributed by atoms with Gasteiger partial charge in [-0.1, -0.05) is 0 Å². The van der Waals surface area contributed by atoms with Gasteiger partial charge in [0.2, 0.25) is 5.91 Å². The Kier molecular flexibility index (Phi) is 4.73. The SMILES string of the molecule is COc1ccc(F)cc1NC(=O)c1ccc(NC(C)=O)cc1. The van der Waals surface area contributed by atoms with Crippen LogP contribution in [0.1, 0.15) is 17.3 Å². The average molecular weight is 302 g/mol. The zero-order chi connectivity index (χ0) is 16.1. The van der Waals surface area contributed by atoms with Crippen LogP contribution < -0.4 is 15.4 Å². The third-order valence-electron chi connectivity index (χ3n) is 2.88. The summed E-state index contributed by atoms with van der Waals surface area (Å²) in [5.41, 5.74) is 1.21. The molecule has 0 fully saturated rings. The van der Waals surface area contributed by atoms with E-state index in [4.69, 9.17) is 4.74 Å². The number of carbonyl (C=O) groups excluding carboxylic acids is 2. The summed E-state index contributed by atoms with van der Waals surface area (Å²) in [6.07, 6.45) is 0. The number of nitrogens with one attached hydrogen (secondary N) is 2. The number of ether oxygens (including phenoxy) is 1. The van der Waals surface area contributed by atoms with Gasteiger partial charge in [0, 0.05) is 24.2 Å². The van der Waals surface area contributed by atoms with E-state index >= 15 is 0 Å². The molecule has 0 saturated carbocycles. The second-order valence-electron chi connectivity index (χ2n) is 4.56. The molecule has 0 aliphatic rings. The third-order valence-corrected chi connectivity index (χ3v) is 2.88. The van der Waals surface area contributed by atoms with Gasteiger partial charge in [-0.05, 0) is 36.4 Å². The van der Waals surface area contributed by atoms with Crippen molar-refractivity contribution < 1.29 is 18.7 Å². The molecule has 2 aromatic carbocycles. The van der Waals surface area contributed by atoms with Crippen molar-refractivity contribution in [1.82, 2.24) is 0 Å². The summed E-state index contributed by atoms with van der Waals surface area (Å²) in [5, 5.41) is 5.19. The maximum atomic E-state index is 13.3. The topological polar surface area (TPSA) is 67.4 Å². The molecule has 0 atom stereocenters. The van der Waals surface area contributed by atoms with Crippen LogP contribution in [0.15, 0.2) is 42.5 Å². The van der Waals surface area contributed by atoms with Crippen molar-refractivity contribution in [2.45, 2.75) is 6.92 Å². The number of hydrogen-bond acceptors (Lipinski definition) is 3. The number of carbonyl (C=O) groups is 2. The zero-order valence-corrected chi connectivity index (χ0v) is 12.1. The van der Waals surface area contributed by atoms with Crippen molar-refractivity contribution in [2.75, 3.05) is 17.7 Å². The highest BCUT2D eigenvalue weighted by Gasteiger charge is 2.11. The van der Waals surface area contributed by atoms with E-state index in [2.05, 4.69) is 10.6 Å². The zero-order valence-electron chi connectivity index (χ0n) is 12.1. The summed E-state index contributed by atoms with van der Waals surface area (Å²) in [4.78, 5) is 23.1. The third kappa shape index (κ3) is 3.82. The second kappa shape index (κ2) is 6.71. The summed E-state index contributed by atoms with van der Waals surface area (Å²) in [6.45, 7) is 1.40. The summed E-state index contributed by atoms with van der Waals surface area (Å²) >= 11 is 0. The highest BCUT2D eigenvalue weighted by Crippen LogP contribution is 2.25. The molecule has 0 aliphatic carbocycles. The molecule has 2 rings (SSSR count). The monoisotopic (exact) mass is 302 g/mol. The van der Waals surface area contributed by atoms with Crippen molar-refractivity contribution in [1.29, 1.82) is 0 Å². The fraction of sp³-hybridized carbons (Fsp3) is 0.125. The molecule has 0 unspecified atom stereocenters. The quantitative estimate of drug-likeness (QED) is 0.912. The predicted octanol–water partition coefficient (Wildman–Crippen LogP) is 3.05. The van der Waals surface area contributed by atoms with Gasteiger partial charge < -0.3 is 15.4 Å². The Morgan fingerprint density at radius 1 is 1.05 bits per heavy atom. The summed E-state index contributed by atoms with van der Waals surface area (Å²) < 4.78 is 18.3. The van der Waals surface area contributed by atoms with E-state index in [1.165, 1.54) is 32.2 Å². The number of methoxy groups -OCH3 is 1. The van der Waals surface area contributed by atoms with Gasteiger partial charge in [-0.25, -0.2) is 4.39 Å². The molecule has 0 heterocycles. The van der Waals surface area contributed by atoms with Crippen LogP contribution in [0.25, 0.3) is 0 Å². The van der Waals surface area contributed by atoms with Crippen LogP contribution in [0.3, 0.4) is 0 Å². The smallest absolute Gasteiger partial charge is 0.255 e. The Bertz CT molecular complexity index is 699. The Labute approximate surface area is 127 Å². The van der Waals surface area contributed by atoms with Gasteiger partial charge in [-0.2, -0.15) is 0 Å². The van der Waals surface area contributed by atoms with Gasteiger partial charge in [-0.3, -0.25) is 9.59 Å². The largest absolute Gasteiger partial charge is 0.495 e. The van der Waals surface area contributed by atoms with Crippen LogP contribution in [0.4, 0.5) is 15.8 Å². The van der Waals surface area contributed by atoms with E-state index in [9.17, 15) is 14.0 Å². The molecule has 22 heavy (non-hydrogen) atoms. The van der Waals surface area contributed by atoms with Crippen LogP contribution in [0.5, 0.6) is 5.75 Å². The van der Waals surface area contributed by atoms with E-state index in [0.717, 1.165) is 0 Å². The minimum absolute atomic E-state index is 0.193. The number of benzene rings is 2. The standard InChI is InChI=1S/C16H15FN2O3/c1-10(20)18-13-6-3-11(4-7-13)16(21)19-14-9-12(17)5-8-15(14)22-2/h3-9H,1-2H3,(H,18,20)(H,19,21). The Morgan fingerprint density at radius 2 is 1.73 bits per heavy atom. The molecule has 5 nitrogen and oxygen atoms in total. The summed E-state index contributed by atoms with van der Waals surface area (Å²) in [6, 6.07) is 10.2. The first-order valence-corrected chi connectivity index (χ1v) is 6.52. The molecule has 0 spiro atoms. The van der Waals surface area contributed by atoms with Crippen LogP contribution in [-0.4, -0.2) is 18.9 Å². The van der Waals surface area contributed by atoms with Crippen LogP contribution in [0.2, 0.25) is 0 Å². The van der Waals surface area contributed by atoms with Crippen LogP contribution in [-0.2, 0) is 4.79 Å². The highest BCUT2D eigenvalue weighted by molar-refractivity contribution is 6.05. The lowest BCUT2D eigenvalue weighted by Gasteiger charge is -2.10. The van der Waals surface area contributed by atoms with Crippen LogP contribution in [0, 0.1) is 5.82 Å². The number of rotatable bonds is 4. The molecule has 0 aliphatic heterocycles. The first-order chi connectivity index (χ1) is 10.5. The van der Waals surface area contributed by atoms with Crippen molar-refractivity contribution in [3.63, 3.8) is 0 Å². The first-order valence-electron chi connectivity index (χ1n) is 6.52. The van der Waals surface area contributed by atoms with Crippen molar-refractivity contribution in [2.24, 2.45) is 0 Å². The number of hydrogen-bond donors (Lipinski definition) is 2. The Morgan fingerprint density at radius 3 is 2.32 bits per heavy atom. The molecule has 114 valence electrons. The molecule has 2 aromatic rings. The number of halogens is 1. The normalized spacial score (nSPS) is 9.95. The van der Waals surface area contributed by atoms with E-state index in [1.54, 1.807) is 24.3 Å². The highest BCUT2D eigenvalue weighted by atomic mass is 19.1. The van der Waals surface area contributed by atoms with Gasteiger partial charge in [0.25, 0.3) is 5.91 Å². The van der Waals surface area contributed by atoms with E-state index < -0.39 is 11.7 Å². The number of anilines is 2. The minimum Gasteiger partial charge on any atom is -0.495 e. The van der Waals surface area contributed by atoms with Gasteiger partial charge in [-0.15, -0.1) is 0 Å². The fourth-order valence-electron chi connectivity index (χ4n) is 1.88. The minimum atomic E-state index is -0.475. The Hall–Kier alpha value is -2.89. The van der Waals surface area contributed by atoms with Crippen LogP contribution >= 0.6 is 0 Å². The van der Waals surface area contributed by atoms with Crippen molar-refractivity contribution in [3.8, 4) is 5.75 Å². The molecule has 0 bridgehead atoms. The Balaban J connectivity index is 2.15. The predicted molar refractivity (Wildman–Crippen MR) is 81.7 cm³/mol. The molecule has 6 heteroatoms. The first kappa shape index (κ1) is 15.5. The van der Waals surface area contributed by atoms with Gasteiger partial charge in [0.15, 0.2) is 0 Å². The average Bonchev–Trinajstić information content (AvgIpc) is 2.47. The van der Waals surface area contributed by atoms with E-state index in [-0.39, 0.29) is 11.6 Å². The molecule has 2 N–H and O–H groups in total. The van der Waals surface area contributed by atoms with Crippen molar-refractivity contribution >= 4 is 23.2 Å². The maximum Gasteiger partial charge on any atom is 0.255 e. The lowest BCUT2D eigenvalue weighted by atomic mass is 10.2. The molecular formula is C16H15FN2O3. The molecule has 0 saturated heterocycles. The second-order valence-corrected chi connectivity index (χ2v) is 4.56. The number of amides is 2. The molecule has 0 aromatic heterocycles. The van der Waals surface area contributed by atoms with Crippen molar-refractivity contribution in [3.05, 3.63) is 53.8 Å². The lowest BCUT2D eigenvalue weighted by molar-refractivity contribution is -0.114. The van der Waals surface area contributed by atoms with E-state index in [0.29, 0.717) is 17.0 Å². The van der Waals surface area contributed by atoms with E-state index in [1.807, 2.05) is 0 Å². The lowest BCUT2D eigenvalue weighted by Crippen LogP contribution is -2.13. The van der Waals surface area contributed by atoms with Gasteiger partial charge >= 0.3 is 0 Å². The molecular weight excluding hydrogens is 287 g/mol. The molecule has 2 amide bonds. The summed E-state index contributed by atoms with van der Waals surface area (Å²) in [7, 11) is 1.44. The fourth-order valence-corrected chi connectivity index (χ4v) is 1.88. The maximum absolute atomic E-state index is 13.3. The van der Waals surface area contributed by atoms with Gasteiger partial charge in [0.05, 0.1) is 12.8 Å². The van der Waals surface area contributed by atoms with Gasteiger partial charge in [0.1, 0.15) is 11.6 Å². The summed E-state index contributed by atoms with van der Waals surface area (Å²) in [5.74, 6) is -0.707.